The fraction of sp³-hybridized carbons (Fsp3) is 0.500. The second kappa shape index (κ2) is 5.80. The van der Waals surface area contributed by atoms with Crippen molar-refractivity contribution >= 4 is 17.5 Å². The van der Waals surface area contributed by atoms with Crippen LogP contribution in [0.2, 0.25) is 5.02 Å². The van der Waals surface area contributed by atoms with E-state index in [0.717, 1.165) is 12.8 Å². The first-order valence-electron chi connectivity index (χ1n) is 6.42. The van der Waals surface area contributed by atoms with Crippen LogP contribution in [0.15, 0.2) is 18.2 Å². The third-order valence-corrected chi connectivity index (χ3v) is 3.33. The molecule has 2 rings (SSSR count). The number of carbonyl (C=O) groups excluding carboxylic acids is 1. The van der Waals surface area contributed by atoms with Gasteiger partial charge in [0, 0.05) is 6.04 Å². The summed E-state index contributed by atoms with van der Waals surface area (Å²) in [5.74, 6) is 0.322. The third-order valence-electron chi connectivity index (χ3n) is 3.04. The van der Waals surface area contributed by atoms with Crippen LogP contribution >= 0.6 is 11.6 Å². The van der Waals surface area contributed by atoms with Gasteiger partial charge in [0.25, 0.3) is 5.91 Å². The van der Waals surface area contributed by atoms with Gasteiger partial charge in [-0.05, 0) is 44.4 Å². The summed E-state index contributed by atoms with van der Waals surface area (Å²) >= 11 is 6.07. The Labute approximate surface area is 117 Å². The molecule has 0 aromatic heterocycles. The monoisotopic (exact) mass is 283 g/mol. The van der Waals surface area contributed by atoms with Crippen molar-refractivity contribution in [2.75, 3.05) is 0 Å². The number of carbonyl (C=O) groups is 1. The van der Waals surface area contributed by atoms with Gasteiger partial charge in [0.05, 0.1) is 11.1 Å². The van der Waals surface area contributed by atoms with Crippen molar-refractivity contribution in [2.45, 2.75) is 44.9 Å². The fourth-order valence-electron chi connectivity index (χ4n) is 1.66. The van der Waals surface area contributed by atoms with Crippen molar-refractivity contribution < 1.29 is 14.6 Å². The SMILES string of the molecule is CC(Oc1ccc(C(C)O)cc1Cl)C(=O)NC1CC1. The number of aliphatic hydroxyl groups is 1. The van der Waals surface area contributed by atoms with Gasteiger partial charge in [0.2, 0.25) is 0 Å². The first-order valence-corrected chi connectivity index (χ1v) is 6.79. The van der Waals surface area contributed by atoms with Gasteiger partial charge in [-0.2, -0.15) is 0 Å². The summed E-state index contributed by atoms with van der Waals surface area (Å²) in [5, 5.41) is 12.7. The molecule has 1 saturated carbocycles. The van der Waals surface area contributed by atoms with E-state index in [-0.39, 0.29) is 5.91 Å². The second-order valence-corrected chi connectivity index (χ2v) is 5.32. The summed E-state index contributed by atoms with van der Waals surface area (Å²) < 4.78 is 5.54. The molecule has 1 amide bonds. The van der Waals surface area contributed by atoms with Crippen molar-refractivity contribution in [2.24, 2.45) is 0 Å². The number of amides is 1. The topological polar surface area (TPSA) is 58.6 Å². The highest BCUT2D eigenvalue weighted by Crippen LogP contribution is 2.29. The maximum atomic E-state index is 11.8. The van der Waals surface area contributed by atoms with Gasteiger partial charge in [-0.3, -0.25) is 4.79 Å². The van der Waals surface area contributed by atoms with Gasteiger partial charge < -0.3 is 15.2 Å². The maximum absolute atomic E-state index is 11.8. The van der Waals surface area contributed by atoms with Crippen LogP contribution in [0.1, 0.15) is 38.4 Å². The van der Waals surface area contributed by atoms with Crippen LogP contribution in [0.4, 0.5) is 0 Å². The van der Waals surface area contributed by atoms with Crippen molar-refractivity contribution in [3.8, 4) is 5.75 Å². The number of hydrogen-bond donors (Lipinski definition) is 2. The molecule has 1 aliphatic rings. The summed E-state index contributed by atoms with van der Waals surface area (Å²) in [5.41, 5.74) is 0.715. The highest BCUT2D eigenvalue weighted by molar-refractivity contribution is 6.32. The van der Waals surface area contributed by atoms with Gasteiger partial charge in [-0.25, -0.2) is 0 Å². The van der Waals surface area contributed by atoms with Crippen LogP contribution in [-0.4, -0.2) is 23.2 Å². The molecule has 0 spiro atoms. The highest BCUT2D eigenvalue weighted by atomic mass is 35.5. The molecule has 2 atom stereocenters. The Bertz CT molecular complexity index is 472. The van der Waals surface area contributed by atoms with E-state index in [1.54, 1.807) is 32.0 Å². The Balaban J connectivity index is 1.99. The molecular formula is C14H18ClNO3. The van der Waals surface area contributed by atoms with Crippen LogP contribution < -0.4 is 10.1 Å². The standard InChI is InChI=1S/C14H18ClNO3/c1-8(17)10-3-6-13(12(15)7-10)19-9(2)14(18)16-11-4-5-11/h3,6-9,11,17H,4-5H2,1-2H3,(H,16,18). The Morgan fingerprint density at radius 1 is 1.47 bits per heavy atom. The summed E-state index contributed by atoms with van der Waals surface area (Å²) in [4.78, 5) is 11.8. The van der Waals surface area contributed by atoms with Gasteiger partial charge >= 0.3 is 0 Å². The molecule has 0 radical (unpaired) electrons. The predicted octanol–water partition coefficient (Wildman–Crippen LogP) is 2.44. The zero-order valence-electron chi connectivity index (χ0n) is 11.0. The molecule has 1 aromatic rings. The normalized spacial score (nSPS) is 17.7. The van der Waals surface area contributed by atoms with Crippen molar-refractivity contribution in [1.29, 1.82) is 0 Å². The predicted molar refractivity (Wildman–Crippen MR) is 73.3 cm³/mol. The summed E-state index contributed by atoms with van der Waals surface area (Å²) in [7, 11) is 0. The number of halogens is 1. The van der Waals surface area contributed by atoms with Crippen LogP contribution in [0.3, 0.4) is 0 Å². The minimum Gasteiger partial charge on any atom is -0.479 e. The van der Waals surface area contributed by atoms with E-state index in [9.17, 15) is 9.90 Å². The average Bonchev–Trinajstić information content (AvgIpc) is 3.15. The smallest absolute Gasteiger partial charge is 0.260 e. The number of hydrogen-bond acceptors (Lipinski definition) is 3. The second-order valence-electron chi connectivity index (χ2n) is 4.91. The molecule has 0 saturated heterocycles. The fourth-order valence-corrected chi connectivity index (χ4v) is 1.90. The summed E-state index contributed by atoms with van der Waals surface area (Å²) in [6.45, 7) is 3.36. The van der Waals surface area contributed by atoms with E-state index < -0.39 is 12.2 Å². The summed E-state index contributed by atoms with van der Waals surface area (Å²) in [6.07, 6.45) is 0.919. The molecule has 19 heavy (non-hydrogen) atoms. The van der Waals surface area contributed by atoms with Crippen molar-refractivity contribution in [3.05, 3.63) is 28.8 Å². The van der Waals surface area contributed by atoms with Gasteiger partial charge in [-0.1, -0.05) is 17.7 Å². The Morgan fingerprint density at radius 3 is 2.68 bits per heavy atom. The lowest BCUT2D eigenvalue weighted by molar-refractivity contribution is -0.127. The molecule has 1 fully saturated rings. The number of nitrogens with one attached hydrogen (secondary N) is 1. The number of rotatable bonds is 5. The minimum atomic E-state index is -0.588. The van der Waals surface area contributed by atoms with Crippen LogP contribution in [-0.2, 0) is 4.79 Å². The highest BCUT2D eigenvalue weighted by Gasteiger charge is 2.26. The minimum absolute atomic E-state index is 0.127. The molecule has 5 heteroatoms. The lowest BCUT2D eigenvalue weighted by Gasteiger charge is -2.16. The van der Waals surface area contributed by atoms with E-state index >= 15 is 0 Å². The van der Waals surface area contributed by atoms with E-state index in [4.69, 9.17) is 16.3 Å². The molecule has 2 unspecified atom stereocenters. The first-order chi connectivity index (χ1) is 8.97. The molecule has 2 N–H and O–H groups in total. The molecule has 4 nitrogen and oxygen atoms in total. The average molecular weight is 284 g/mol. The lowest BCUT2D eigenvalue weighted by atomic mass is 10.1. The van der Waals surface area contributed by atoms with Crippen LogP contribution in [0.25, 0.3) is 0 Å². The molecular weight excluding hydrogens is 266 g/mol. The van der Waals surface area contributed by atoms with Crippen molar-refractivity contribution in [3.63, 3.8) is 0 Å². The van der Waals surface area contributed by atoms with E-state index in [0.29, 0.717) is 22.4 Å². The number of benzene rings is 1. The van der Waals surface area contributed by atoms with Gasteiger partial charge in [0.1, 0.15) is 5.75 Å². The van der Waals surface area contributed by atoms with Crippen LogP contribution in [0.5, 0.6) is 5.75 Å². The largest absolute Gasteiger partial charge is 0.479 e. The van der Waals surface area contributed by atoms with E-state index in [2.05, 4.69) is 5.32 Å². The van der Waals surface area contributed by atoms with Crippen LogP contribution in [0, 0.1) is 0 Å². The molecule has 0 aliphatic heterocycles. The molecule has 104 valence electrons. The van der Waals surface area contributed by atoms with Crippen molar-refractivity contribution in [1.82, 2.24) is 5.32 Å². The zero-order chi connectivity index (χ0) is 14.0. The maximum Gasteiger partial charge on any atom is 0.260 e. The summed E-state index contributed by atoms with van der Waals surface area (Å²) in [6, 6.07) is 5.36. The Morgan fingerprint density at radius 2 is 2.16 bits per heavy atom. The van der Waals surface area contributed by atoms with Gasteiger partial charge in [0.15, 0.2) is 6.10 Å². The number of ether oxygens (including phenoxy) is 1. The zero-order valence-corrected chi connectivity index (χ0v) is 11.8. The lowest BCUT2D eigenvalue weighted by Crippen LogP contribution is -2.37. The van der Waals surface area contributed by atoms with Gasteiger partial charge in [-0.15, -0.1) is 0 Å². The molecule has 0 bridgehead atoms. The molecule has 1 aromatic carbocycles. The number of aliphatic hydroxyl groups excluding tert-OH is 1. The molecule has 0 heterocycles. The quantitative estimate of drug-likeness (QED) is 0.873. The Hall–Kier alpha value is -1.26. The Kier molecular flexibility index (Phi) is 4.32. The molecule has 1 aliphatic carbocycles. The van der Waals surface area contributed by atoms with E-state index in [1.807, 2.05) is 0 Å². The van der Waals surface area contributed by atoms with E-state index in [1.165, 1.54) is 0 Å². The first kappa shape index (κ1) is 14.2. The third kappa shape index (κ3) is 3.85.